The number of hydrogen-bond acceptors (Lipinski definition) is 2. The van der Waals surface area contributed by atoms with Gasteiger partial charge in [-0.3, -0.25) is 5.43 Å². The van der Waals surface area contributed by atoms with Crippen LogP contribution in [0, 0.1) is 6.92 Å². The number of para-hydroxylation sites is 1. The maximum Gasteiger partial charge on any atom is 0.187 e. The fourth-order valence-corrected chi connectivity index (χ4v) is 3.30. The molecule has 2 aromatic rings. The number of nitrogens with zero attached hydrogens (tertiary/aromatic N) is 1. The maximum atomic E-state index is 5.31. The van der Waals surface area contributed by atoms with Crippen LogP contribution in [-0.2, 0) is 0 Å². The lowest BCUT2D eigenvalue weighted by atomic mass is 9.96. The molecule has 4 nitrogen and oxygen atoms in total. The van der Waals surface area contributed by atoms with Crippen LogP contribution in [0.25, 0.3) is 10.9 Å². The molecule has 0 saturated heterocycles. The highest BCUT2D eigenvalue weighted by Crippen LogP contribution is 2.20. The molecule has 1 aliphatic rings. The second kappa shape index (κ2) is 6.92. The molecule has 0 spiro atoms. The normalized spacial score (nSPS) is 16.2. The highest BCUT2D eigenvalue weighted by atomic mass is 32.1. The number of aromatic amines is 1. The number of nitrogens with one attached hydrogen (secondary N) is 3. The summed E-state index contributed by atoms with van der Waals surface area (Å²) in [7, 11) is 0. The largest absolute Gasteiger partial charge is 0.359 e. The zero-order valence-corrected chi connectivity index (χ0v) is 13.7. The molecule has 0 aliphatic heterocycles. The van der Waals surface area contributed by atoms with Crippen LogP contribution in [0.4, 0.5) is 0 Å². The minimum absolute atomic E-state index is 0.499. The Morgan fingerprint density at radius 2 is 2.05 bits per heavy atom. The Bertz CT molecular complexity index is 683. The maximum absolute atomic E-state index is 5.31. The molecule has 5 heteroatoms. The molecule has 22 heavy (non-hydrogen) atoms. The van der Waals surface area contributed by atoms with Crippen LogP contribution < -0.4 is 10.7 Å². The van der Waals surface area contributed by atoms with Gasteiger partial charge in [-0.25, -0.2) is 0 Å². The van der Waals surface area contributed by atoms with E-state index in [1.807, 2.05) is 18.3 Å². The lowest BCUT2D eigenvalue weighted by Crippen LogP contribution is -2.40. The van der Waals surface area contributed by atoms with Crippen molar-refractivity contribution in [3.05, 3.63) is 35.5 Å². The zero-order chi connectivity index (χ0) is 15.4. The van der Waals surface area contributed by atoms with E-state index in [9.17, 15) is 0 Å². The van der Waals surface area contributed by atoms with Crippen molar-refractivity contribution in [2.45, 2.75) is 45.1 Å². The average Bonchev–Trinajstić information content (AvgIpc) is 2.84. The van der Waals surface area contributed by atoms with Crippen LogP contribution in [0.3, 0.4) is 0 Å². The Kier molecular flexibility index (Phi) is 4.73. The number of rotatable bonds is 3. The van der Waals surface area contributed by atoms with Gasteiger partial charge in [0.2, 0.25) is 0 Å². The highest BCUT2D eigenvalue weighted by Gasteiger charge is 2.13. The van der Waals surface area contributed by atoms with E-state index < -0.39 is 0 Å². The molecule has 0 unspecified atom stereocenters. The molecule has 1 saturated carbocycles. The summed E-state index contributed by atoms with van der Waals surface area (Å²) in [5.41, 5.74) is 6.27. The first-order chi connectivity index (χ1) is 10.7. The molecule has 1 fully saturated rings. The van der Waals surface area contributed by atoms with Gasteiger partial charge in [0, 0.05) is 28.2 Å². The van der Waals surface area contributed by atoms with Crippen LogP contribution in [-0.4, -0.2) is 22.4 Å². The molecule has 3 N–H and O–H groups in total. The highest BCUT2D eigenvalue weighted by molar-refractivity contribution is 7.80. The van der Waals surface area contributed by atoms with Crippen molar-refractivity contribution in [2.75, 3.05) is 0 Å². The summed E-state index contributed by atoms with van der Waals surface area (Å²) in [6, 6.07) is 8.73. The minimum atomic E-state index is 0.499. The molecule has 1 aromatic carbocycles. The van der Waals surface area contributed by atoms with Gasteiger partial charge in [0.25, 0.3) is 0 Å². The summed E-state index contributed by atoms with van der Waals surface area (Å²) in [4.78, 5) is 3.36. The van der Waals surface area contributed by atoms with E-state index >= 15 is 0 Å². The standard InChI is InChI=1S/C17H22N4S/c1-12-15(14-9-5-6-10-16(14)19-12)11-18-21-17(22)20-13-7-3-2-4-8-13/h5-6,9-11,13,19H,2-4,7-8H2,1H3,(H2,20,21,22)/b18-11-. The number of aryl methyl sites for hydroxylation is 1. The third kappa shape index (κ3) is 3.47. The van der Waals surface area contributed by atoms with Gasteiger partial charge < -0.3 is 10.3 Å². The van der Waals surface area contributed by atoms with Crippen LogP contribution in [0.1, 0.15) is 43.4 Å². The van der Waals surface area contributed by atoms with E-state index in [2.05, 4.69) is 39.9 Å². The Hall–Kier alpha value is -1.88. The molecule has 1 heterocycles. The molecule has 1 aromatic heterocycles. The number of hydrogen-bond donors (Lipinski definition) is 3. The Balaban J connectivity index is 1.61. The van der Waals surface area contributed by atoms with E-state index in [1.54, 1.807) is 0 Å². The van der Waals surface area contributed by atoms with E-state index in [0.717, 1.165) is 16.8 Å². The molecule has 0 amide bonds. The van der Waals surface area contributed by atoms with E-state index in [1.165, 1.54) is 37.5 Å². The van der Waals surface area contributed by atoms with Crippen molar-refractivity contribution in [3.8, 4) is 0 Å². The fraction of sp³-hybridized carbons (Fsp3) is 0.412. The first-order valence-electron chi connectivity index (χ1n) is 7.91. The summed E-state index contributed by atoms with van der Waals surface area (Å²) < 4.78 is 0. The smallest absolute Gasteiger partial charge is 0.187 e. The topological polar surface area (TPSA) is 52.2 Å². The van der Waals surface area contributed by atoms with Crippen LogP contribution in [0.2, 0.25) is 0 Å². The van der Waals surface area contributed by atoms with Gasteiger partial charge in [0.05, 0.1) is 6.21 Å². The van der Waals surface area contributed by atoms with Gasteiger partial charge in [0.15, 0.2) is 5.11 Å². The van der Waals surface area contributed by atoms with E-state index in [-0.39, 0.29) is 0 Å². The molecule has 116 valence electrons. The number of benzene rings is 1. The van der Waals surface area contributed by atoms with Crippen molar-refractivity contribution < 1.29 is 0 Å². The fourth-order valence-electron chi connectivity index (χ4n) is 3.08. The lowest BCUT2D eigenvalue weighted by molar-refractivity contribution is 0.412. The summed E-state index contributed by atoms with van der Waals surface area (Å²) >= 11 is 5.31. The molecule has 0 radical (unpaired) electrons. The molecule has 0 atom stereocenters. The second-order valence-electron chi connectivity index (χ2n) is 5.89. The molecule has 3 rings (SSSR count). The van der Waals surface area contributed by atoms with Crippen molar-refractivity contribution in [1.29, 1.82) is 0 Å². The number of thiocarbonyl (C=S) groups is 1. The van der Waals surface area contributed by atoms with Gasteiger partial charge in [-0.2, -0.15) is 5.10 Å². The molecular weight excluding hydrogens is 292 g/mol. The first-order valence-corrected chi connectivity index (χ1v) is 8.32. The molecule has 0 bridgehead atoms. The Morgan fingerprint density at radius 1 is 1.27 bits per heavy atom. The average molecular weight is 314 g/mol. The molecular formula is C17H22N4S. The predicted octanol–water partition coefficient (Wildman–Crippen LogP) is 3.61. The van der Waals surface area contributed by atoms with Crippen molar-refractivity contribution in [2.24, 2.45) is 5.10 Å². The quantitative estimate of drug-likeness (QED) is 0.461. The Labute approximate surface area is 136 Å². The molecule has 1 aliphatic carbocycles. The zero-order valence-electron chi connectivity index (χ0n) is 12.9. The van der Waals surface area contributed by atoms with Crippen molar-refractivity contribution in [3.63, 3.8) is 0 Å². The monoisotopic (exact) mass is 314 g/mol. The summed E-state index contributed by atoms with van der Waals surface area (Å²) in [5, 5.41) is 9.43. The SMILES string of the molecule is Cc1[nH]c2ccccc2c1/C=N\NC(=S)NC1CCCCC1. The summed E-state index contributed by atoms with van der Waals surface area (Å²) in [6.45, 7) is 2.06. The third-order valence-corrected chi connectivity index (χ3v) is 4.45. The first kappa shape index (κ1) is 15.0. The number of hydrazone groups is 1. The van der Waals surface area contributed by atoms with Gasteiger partial charge in [-0.05, 0) is 38.0 Å². The summed E-state index contributed by atoms with van der Waals surface area (Å²) in [6.07, 6.45) is 8.16. The van der Waals surface area contributed by atoms with Gasteiger partial charge in [0.1, 0.15) is 0 Å². The van der Waals surface area contributed by atoms with Gasteiger partial charge in [-0.15, -0.1) is 0 Å². The van der Waals surface area contributed by atoms with Crippen molar-refractivity contribution >= 4 is 34.4 Å². The second-order valence-corrected chi connectivity index (χ2v) is 6.30. The number of aromatic nitrogens is 1. The number of fused-ring (bicyclic) bond motifs is 1. The van der Waals surface area contributed by atoms with E-state index in [0.29, 0.717) is 11.2 Å². The predicted molar refractivity (Wildman–Crippen MR) is 96.4 cm³/mol. The van der Waals surface area contributed by atoms with Gasteiger partial charge in [-0.1, -0.05) is 37.5 Å². The lowest BCUT2D eigenvalue weighted by Gasteiger charge is -2.23. The minimum Gasteiger partial charge on any atom is -0.359 e. The van der Waals surface area contributed by atoms with Crippen LogP contribution >= 0.6 is 12.2 Å². The Morgan fingerprint density at radius 3 is 2.86 bits per heavy atom. The van der Waals surface area contributed by atoms with Crippen LogP contribution in [0.5, 0.6) is 0 Å². The van der Waals surface area contributed by atoms with Gasteiger partial charge >= 0.3 is 0 Å². The summed E-state index contributed by atoms with van der Waals surface area (Å²) in [5.74, 6) is 0. The third-order valence-electron chi connectivity index (χ3n) is 4.24. The van der Waals surface area contributed by atoms with E-state index in [4.69, 9.17) is 12.2 Å². The van der Waals surface area contributed by atoms with Crippen molar-refractivity contribution in [1.82, 2.24) is 15.7 Å². The number of H-pyrrole nitrogens is 1. The van der Waals surface area contributed by atoms with Crippen LogP contribution in [0.15, 0.2) is 29.4 Å².